The van der Waals surface area contributed by atoms with E-state index >= 15 is 0 Å². The van der Waals surface area contributed by atoms with Gasteiger partial charge >= 0.3 is 5.97 Å². The zero-order chi connectivity index (χ0) is 16.3. The van der Waals surface area contributed by atoms with Gasteiger partial charge in [0.05, 0.1) is 17.9 Å². The van der Waals surface area contributed by atoms with Crippen LogP contribution in [0.25, 0.3) is 0 Å². The Morgan fingerprint density at radius 1 is 1.23 bits per heavy atom. The van der Waals surface area contributed by atoms with Crippen molar-refractivity contribution < 1.29 is 14.7 Å². The number of allylic oxidation sites excluding steroid dienone is 2. The van der Waals surface area contributed by atoms with Crippen LogP contribution < -0.4 is 5.32 Å². The third kappa shape index (κ3) is 3.81. The Morgan fingerprint density at radius 2 is 1.86 bits per heavy atom. The second-order valence-electron chi connectivity index (χ2n) is 5.39. The van der Waals surface area contributed by atoms with E-state index in [1.54, 1.807) is 18.2 Å². The highest BCUT2D eigenvalue weighted by atomic mass is 35.5. The van der Waals surface area contributed by atoms with Crippen molar-refractivity contribution in [1.29, 1.82) is 0 Å². The summed E-state index contributed by atoms with van der Waals surface area (Å²) in [6.45, 7) is 1.81. The number of carbonyl (C=O) groups excluding carboxylic acids is 1. The van der Waals surface area contributed by atoms with E-state index in [9.17, 15) is 14.7 Å². The van der Waals surface area contributed by atoms with Gasteiger partial charge in [-0.05, 0) is 37.5 Å². The van der Waals surface area contributed by atoms with E-state index in [1.165, 1.54) is 0 Å². The van der Waals surface area contributed by atoms with Crippen molar-refractivity contribution in [2.75, 3.05) is 0 Å². The molecule has 0 unspecified atom stereocenters. The molecule has 118 valence electrons. The maximum absolute atomic E-state index is 12.4. The molecule has 1 aromatic rings. The number of nitrogens with one attached hydrogen (secondary N) is 1. The van der Waals surface area contributed by atoms with Crippen LogP contribution in [0.3, 0.4) is 0 Å². The molecule has 2 rings (SSSR count). The first-order valence-corrected chi connectivity index (χ1v) is 7.79. The van der Waals surface area contributed by atoms with Crippen molar-refractivity contribution in [1.82, 2.24) is 5.32 Å². The van der Waals surface area contributed by atoms with E-state index in [0.29, 0.717) is 22.9 Å². The fourth-order valence-electron chi connectivity index (χ4n) is 2.63. The Balaban J connectivity index is 2.10. The minimum absolute atomic E-state index is 0.268. The number of amides is 1. The summed E-state index contributed by atoms with van der Waals surface area (Å²) in [4.78, 5) is 23.7. The van der Waals surface area contributed by atoms with Crippen molar-refractivity contribution in [2.24, 2.45) is 11.8 Å². The molecule has 0 heterocycles. The number of rotatable bonds is 4. The van der Waals surface area contributed by atoms with Crippen molar-refractivity contribution in [3.05, 3.63) is 46.0 Å². The summed E-state index contributed by atoms with van der Waals surface area (Å²) >= 11 is 12.0. The first-order valence-electron chi connectivity index (χ1n) is 7.03. The SMILES string of the molecule is C[C@H](NC(=O)[C@@H]1CC=CC[C@@H]1C(=O)O)c1ccc(Cl)cc1Cl. The third-order valence-corrected chi connectivity index (χ3v) is 4.44. The van der Waals surface area contributed by atoms with Crippen LogP contribution in [0, 0.1) is 11.8 Å². The summed E-state index contributed by atoms with van der Waals surface area (Å²) in [5, 5.41) is 13.1. The van der Waals surface area contributed by atoms with Crippen LogP contribution in [0.1, 0.15) is 31.4 Å². The van der Waals surface area contributed by atoms with E-state index in [4.69, 9.17) is 23.2 Å². The summed E-state index contributed by atoms with van der Waals surface area (Å²) < 4.78 is 0. The van der Waals surface area contributed by atoms with Crippen molar-refractivity contribution in [3.63, 3.8) is 0 Å². The number of carbonyl (C=O) groups is 2. The molecule has 4 nitrogen and oxygen atoms in total. The van der Waals surface area contributed by atoms with Crippen LogP contribution in [-0.2, 0) is 9.59 Å². The van der Waals surface area contributed by atoms with E-state index in [2.05, 4.69) is 5.32 Å². The first-order chi connectivity index (χ1) is 10.4. The Labute approximate surface area is 139 Å². The molecule has 1 aromatic carbocycles. The number of hydrogen-bond donors (Lipinski definition) is 2. The Morgan fingerprint density at radius 3 is 2.45 bits per heavy atom. The molecule has 1 aliphatic carbocycles. The van der Waals surface area contributed by atoms with Gasteiger partial charge in [-0.15, -0.1) is 0 Å². The van der Waals surface area contributed by atoms with Gasteiger partial charge in [-0.2, -0.15) is 0 Å². The van der Waals surface area contributed by atoms with Gasteiger partial charge in [0.25, 0.3) is 0 Å². The average molecular weight is 342 g/mol. The lowest BCUT2D eigenvalue weighted by atomic mass is 9.82. The Bertz CT molecular complexity index is 615. The van der Waals surface area contributed by atoms with Gasteiger partial charge in [-0.3, -0.25) is 9.59 Å². The smallest absolute Gasteiger partial charge is 0.307 e. The molecule has 2 N–H and O–H groups in total. The normalized spacial score (nSPS) is 22.1. The fourth-order valence-corrected chi connectivity index (χ4v) is 3.20. The molecule has 3 atom stereocenters. The third-order valence-electron chi connectivity index (χ3n) is 3.87. The lowest BCUT2D eigenvalue weighted by molar-refractivity contribution is -0.147. The lowest BCUT2D eigenvalue weighted by Crippen LogP contribution is -2.39. The molecule has 22 heavy (non-hydrogen) atoms. The first kappa shape index (κ1) is 16.8. The maximum Gasteiger partial charge on any atom is 0.307 e. The number of aliphatic carboxylic acids is 1. The topological polar surface area (TPSA) is 66.4 Å². The van der Waals surface area contributed by atoms with Gasteiger partial charge in [-0.25, -0.2) is 0 Å². The molecular weight excluding hydrogens is 325 g/mol. The van der Waals surface area contributed by atoms with Crippen LogP contribution in [-0.4, -0.2) is 17.0 Å². The molecule has 0 radical (unpaired) electrons. The summed E-state index contributed by atoms with van der Waals surface area (Å²) in [5.74, 6) is -2.45. The summed E-state index contributed by atoms with van der Waals surface area (Å²) in [6, 6.07) is 4.75. The molecule has 0 spiro atoms. The predicted molar refractivity (Wildman–Crippen MR) is 86.0 cm³/mol. The van der Waals surface area contributed by atoms with Crippen molar-refractivity contribution in [3.8, 4) is 0 Å². The summed E-state index contributed by atoms with van der Waals surface area (Å²) in [7, 11) is 0. The number of carboxylic acids is 1. The lowest BCUT2D eigenvalue weighted by Gasteiger charge is -2.26. The van der Waals surface area contributed by atoms with Gasteiger partial charge in [0.2, 0.25) is 5.91 Å². The van der Waals surface area contributed by atoms with E-state index in [0.717, 1.165) is 5.56 Å². The molecule has 0 fully saturated rings. The van der Waals surface area contributed by atoms with Gasteiger partial charge in [0, 0.05) is 10.0 Å². The zero-order valence-electron chi connectivity index (χ0n) is 12.1. The predicted octanol–water partition coefficient (Wildman–Crippen LogP) is 3.84. The van der Waals surface area contributed by atoms with E-state index in [1.807, 2.05) is 19.1 Å². The molecule has 0 aromatic heterocycles. The van der Waals surface area contributed by atoms with Gasteiger partial charge < -0.3 is 10.4 Å². The number of hydrogen-bond acceptors (Lipinski definition) is 2. The number of carboxylic acid groups (broad SMARTS) is 1. The highest BCUT2D eigenvalue weighted by Crippen LogP contribution is 2.29. The number of benzene rings is 1. The average Bonchev–Trinajstić information content (AvgIpc) is 2.46. The van der Waals surface area contributed by atoms with Crippen LogP contribution in [0.4, 0.5) is 0 Å². The van der Waals surface area contributed by atoms with Crippen LogP contribution in [0.5, 0.6) is 0 Å². The van der Waals surface area contributed by atoms with Crippen LogP contribution in [0.15, 0.2) is 30.4 Å². The molecule has 0 bridgehead atoms. The van der Waals surface area contributed by atoms with Gasteiger partial charge in [-0.1, -0.05) is 41.4 Å². The molecule has 0 aliphatic heterocycles. The highest BCUT2D eigenvalue weighted by Gasteiger charge is 2.34. The van der Waals surface area contributed by atoms with E-state index < -0.39 is 17.8 Å². The minimum Gasteiger partial charge on any atom is -0.481 e. The monoisotopic (exact) mass is 341 g/mol. The van der Waals surface area contributed by atoms with Crippen LogP contribution in [0.2, 0.25) is 10.0 Å². The largest absolute Gasteiger partial charge is 0.481 e. The molecular formula is C16H17Cl2NO3. The molecule has 6 heteroatoms. The summed E-state index contributed by atoms with van der Waals surface area (Å²) in [6.07, 6.45) is 4.47. The van der Waals surface area contributed by atoms with Crippen LogP contribution >= 0.6 is 23.2 Å². The molecule has 1 aliphatic rings. The molecule has 1 amide bonds. The standard InChI is InChI=1S/C16H17Cl2NO3/c1-9(11-7-6-10(17)8-14(11)18)19-15(20)12-4-2-3-5-13(12)16(21)22/h2-3,6-9,12-13H,4-5H2,1H3,(H,19,20)(H,21,22)/t9-,12+,13-/m0/s1. The Hall–Kier alpha value is -1.52. The second-order valence-corrected chi connectivity index (χ2v) is 6.23. The minimum atomic E-state index is -0.943. The van der Waals surface area contributed by atoms with Gasteiger partial charge in [0.15, 0.2) is 0 Å². The quantitative estimate of drug-likeness (QED) is 0.817. The second kappa shape index (κ2) is 7.16. The Kier molecular flexibility index (Phi) is 5.48. The van der Waals surface area contributed by atoms with E-state index in [-0.39, 0.29) is 11.9 Å². The highest BCUT2D eigenvalue weighted by molar-refractivity contribution is 6.35. The van der Waals surface area contributed by atoms with Crippen molar-refractivity contribution >= 4 is 35.1 Å². The molecule has 0 saturated carbocycles. The fraction of sp³-hybridized carbons (Fsp3) is 0.375. The van der Waals surface area contributed by atoms with Gasteiger partial charge in [0.1, 0.15) is 0 Å². The van der Waals surface area contributed by atoms with Crippen molar-refractivity contribution in [2.45, 2.75) is 25.8 Å². The summed E-state index contributed by atoms with van der Waals surface area (Å²) in [5.41, 5.74) is 0.748. The maximum atomic E-state index is 12.4. The number of halogens is 2. The zero-order valence-corrected chi connectivity index (χ0v) is 13.6. The molecule has 0 saturated heterocycles.